The molecule has 1 aliphatic rings. The number of anilines is 1. The fourth-order valence-corrected chi connectivity index (χ4v) is 3.30. The first kappa shape index (κ1) is 14.2. The summed E-state index contributed by atoms with van der Waals surface area (Å²) >= 11 is 1.90. The largest absolute Gasteiger partial charge is 0.349 e. The van der Waals surface area contributed by atoms with E-state index in [4.69, 9.17) is 5.84 Å². The number of nitrogens with two attached hydrogens (primary N) is 1. The summed E-state index contributed by atoms with van der Waals surface area (Å²) in [6.07, 6.45) is 6.78. The van der Waals surface area contributed by atoms with Gasteiger partial charge >= 0.3 is 0 Å². The monoisotopic (exact) mass is 279 g/mol. The number of carbonyl (C=O) groups is 1. The van der Waals surface area contributed by atoms with Crippen LogP contribution in [-0.2, 0) is 0 Å². The topological polar surface area (TPSA) is 67.2 Å². The Morgan fingerprint density at radius 3 is 2.68 bits per heavy atom. The Hall–Kier alpha value is -1.20. The summed E-state index contributed by atoms with van der Waals surface area (Å²) in [7, 11) is 0. The van der Waals surface area contributed by atoms with E-state index in [1.807, 2.05) is 11.8 Å². The molecular formula is C14H21N3OS. The van der Waals surface area contributed by atoms with Crippen molar-refractivity contribution in [1.82, 2.24) is 5.32 Å². The predicted octanol–water partition coefficient (Wildman–Crippen LogP) is 2.38. The molecule has 0 heterocycles. The van der Waals surface area contributed by atoms with Crippen molar-refractivity contribution >= 4 is 23.4 Å². The van der Waals surface area contributed by atoms with Crippen LogP contribution in [0.15, 0.2) is 24.3 Å². The Balaban J connectivity index is 1.92. The van der Waals surface area contributed by atoms with Gasteiger partial charge in [0.15, 0.2) is 0 Å². The highest BCUT2D eigenvalue weighted by atomic mass is 32.2. The van der Waals surface area contributed by atoms with Crippen LogP contribution in [0.25, 0.3) is 0 Å². The smallest absolute Gasteiger partial charge is 0.251 e. The molecule has 0 aromatic heterocycles. The van der Waals surface area contributed by atoms with Crippen LogP contribution in [0.2, 0.25) is 0 Å². The minimum absolute atomic E-state index is 0.00956. The van der Waals surface area contributed by atoms with Crippen LogP contribution in [-0.4, -0.2) is 23.5 Å². The van der Waals surface area contributed by atoms with E-state index in [2.05, 4.69) is 17.0 Å². The first-order valence-corrected chi connectivity index (χ1v) is 7.92. The summed E-state index contributed by atoms with van der Waals surface area (Å²) in [4.78, 5) is 12.1. The van der Waals surface area contributed by atoms with Crippen LogP contribution in [0.4, 0.5) is 5.69 Å². The molecule has 0 spiro atoms. The average molecular weight is 279 g/mol. The maximum absolute atomic E-state index is 12.1. The molecule has 0 bridgehead atoms. The molecule has 2 atom stereocenters. The summed E-state index contributed by atoms with van der Waals surface area (Å²) in [5.41, 5.74) is 4.04. The van der Waals surface area contributed by atoms with E-state index in [0.717, 1.165) is 18.5 Å². The number of nitrogens with one attached hydrogen (secondary N) is 2. The molecule has 0 aliphatic heterocycles. The normalized spacial score (nSPS) is 22.8. The number of amides is 1. The van der Waals surface area contributed by atoms with Gasteiger partial charge in [-0.2, -0.15) is 11.8 Å². The minimum atomic E-state index is 0.00956. The van der Waals surface area contributed by atoms with Crippen LogP contribution >= 0.6 is 11.8 Å². The molecular weight excluding hydrogens is 258 g/mol. The van der Waals surface area contributed by atoms with Crippen LogP contribution in [0.1, 0.15) is 36.0 Å². The average Bonchev–Trinajstić information content (AvgIpc) is 2.47. The molecule has 5 heteroatoms. The van der Waals surface area contributed by atoms with E-state index >= 15 is 0 Å². The summed E-state index contributed by atoms with van der Waals surface area (Å²) < 4.78 is 0. The molecule has 104 valence electrons. The van der Waals surface area contributed by atoms with Gasteiger partial charge in [0.2, 0.25) is 0 Å². The standard InChI is InChI=1S/C14H21N3OS/c1-19-13-4-2-3-12(9-13)16-14(18)10-5-7-11(17-15)8-6-10/h5-8,12-13,17H,2-4,9,15H2,1H3,(H,16,18). The maximum Gasteiger partial charge on any atom is 0.251 e. The van der Waals surface area contributed by atoms with Crippen LogP contribution in [0.5, 0.6) is 0 Å². The van der Waals surface area contributed by atoms with Crippen LogP contribution in [0, 0.1) is 0 Å². The number of thioether (sulfide) groups is 1. The van der Waals surface area contributed by atoms with Gasteiger partial charge < -0.3 is 10.7 Å². The second-order valence-corrected chi connectivity index (χ2v) is 6.05. The van der Waals surface area contributed by atoms with Crippen molar-refractivity contribution < 1.29 is 4.79 Å². The predicted molar refractivity (Wildman–Crippen MR) is 81.3 cm³/mol. The highest BCUT2D eigenvalue weighted by molar-refractivity contribution is 7.99. The fourth-order valence-electron chi connectivity index (χ4n) is 2.48. The number of hydrazine groups is 1. The number of benzene rings is 1. The van der Waals surface area contributed by atoms with Gasteiger partial charge in [0, 0.05) is 22.5 Å². The first-order chi connectivity index (χ1) is 9.22. The number of hydrogen-bond donors (Lipinski definition) is 3. The summed E-state index contributed by atoms with van der Waals surface area (Å²) in [5.74, 6) is 5.31. The van der Waals surface area contributed by atoms with E-state index in [1.54, 1.807) is 24.3 Å². The van der Waals surface area contributed by atoms with E-state index < -0.39 is 0 Å². The number of nitrogen functional groups attached to an aromatic ring is 1. The van der Waals surface area contributed by atoms with Crippen molar-refractivity contribution in [2.75, 3.05) is 11.7 Å². The zero-order valence-corrected chi connectivity index (χ0v) is 12.0. The molecule has 4 nitrogen and oxygen atoms in total. The SMILES string of the molecule is CSC1CCCC(NC(=O)c2ccc(NN)cc2)C1. The van der Waals surface area contributed by atoms with Crippen LogP contribution in [0.3, 0.4) is 0 Å². The number of rotatable bonds is 4. The summed E-state index contributed by atoms with van der Waals surface area (Å²) in [6.45, 7) is 0. The van der Waals surface area contributed by atoms with Crippen molar-refractivity contribution in [1.29, 1.82) is 0 Å². The number of hydrogen-bond acceptors (Lipinski definition) is 4. The van der Waals surface area contributed by atoms with Crippen molar-refractivity contribution in [3.63, 3.8) is 0 Å². The van der Waals surface area contributed by atoms with E-state index in [9.17, 15) is 4.79 Å². The highest BCUT2D eigenvalue weighted by Gasteiger charge is 2.22. The number of carbonyl (C=O) groups excluding carboxylic acids is 1. The van der Waals surface area contributed by atoms with Crippen molar-refractivity contribution in [2.45, 2.75) is 37.0 Å². The lowest BCUT2D eigenvalue weighted by Crippen LogP contribution is -2.39. The van der Waals surface area contributed by atoms with Crippen molar-refractivity contribution in [3.8, 4) is 0 Å². The zero-order valence-electron chi connectivity index (χ0n) is 11.2. The van der Waals surface area contributed by atoms with Crippen molar-refractivity contribution in [2.24, 2.45) is 5.84 Å². The molecule has 1 aromatic rings. The Morgan fingerprint density at radius 1 is 1.32 bits per heavy atom. The molecule has 1 aliphatic carbocycles. The lowest BCUT2D eigenvalue weighted by atomic mass is 9.94. The maximum atomic E-state index is 12.1. The van der Waals surface area contributed by atoms with E-state index in [-0.39, 0.29) is 5.91 Å². The van der Waals surface area contributed by atoms with Gasteiger partial charge in [0.05, 0.1) is 0 Å². The zero-order chi connectivity index (χ0) is 13.7. The van der Waals surface area contributed by atoms with Gasteiger partial charge in [0.25, 0.3) is 5.91 Å². The molecule has 4 N–H and O–H groups in total. The third-order valence-electron chi connectivity index (χ3n) is 3.61. The Bertz CT molecular complexity index is 421. The molecule has 1 aromatic carbocycles. The second kappa shape index (κ2) is 6.82. The van der Waals surface area contributed by atoms with Gasteiger partial charge in [0.1, 0.15) is 0 Å². The van der Waals surface area contributed by atoms with Gasteiger partial charge in [-0.25, -0.2) is 0 Å². The summed E-state index contributed by atoms with van der Waals surface area (Å²) in [6, 6.07) is 7.51. The van der Waals surface area contributed by atoms with E-state index in [1.165, 1.54) is 12.8 Å². The van der Waals surface area contributed by atoms with Crippen LogP contribution < -0.4 is 16.6 Å². The molecule has 2 unspecified atom stereocenters. The van der Waals surface area contributed by atoms with E-state index in [0.29, 0.717) is 16.9 Å². The van der Waals surface area contributed by atoms with Gasteiger partial charge in [-0.3, -0.25) is 10.6 Å². The highest BCUT2D eigenvalue weighted by Crippen LogP contribution is 2.27. The Morgan fingerprint density at radius 2 is 2.05 bits per heavy atom. The quantitative estimate of drug-likeness (QED) is 0.585. The molecule has 2 rings (SSSR count). The van der Waals surface area contributed by atoms with Gasteiger partial charge in [-0.15, -0.1) is 0 Å². The lowest BCUT2D eigenvalue weighted by Gasteiger charge is -2.28. The molecule has 19 heavy (non-hydrogen) atoms. The third-order valence-corrected chi connectivity index (χ3v) is 4.70. The molecule has 1 amide bonds. The third kappa shape index (κ3) is 3.88. The van der Waals surface area contributed by atoms with Gasteiger partial charge in [-0.1, -0.05) is 6.42 Å². The molecule has 1 fully saturated rings. The Labute approximate surface area is 118 Å². The molecule has 0 saturated heterocycles. The van der Waals surface area contributed by atoms with Crippen molar-refractivity contribution in [3.05, 3.63) is 29.8 Å². The first-order valence-electron chi connectivity index (χ1n) is 6.63. The summed E-state index contributed by atoms with van der Waals surface area (Å²) in [5, 5.41) is 3.82. The van der Waals surface area contributed by atoms with Gasteiger partial charge in [-0.05, 0) is 49.8 Å². The Kier molecular flexibility index (Phi) is 5.10. The second-order valence-electron chi connectivity index (χ2n) is 4.92. The molecule has 0 radical (unpaired) electrons. The minimum Gasteiger partial charge on any atom is -0.349 e. The molecule has 1 saturated carbocycles. The fraction of sp³-hybridized carbons (Fsp3) is 0.500. The lowest BCUT2D eigenvalue weighted by molar-refractivity contribution is 0.0928.